The molecule has 10 heteroatoms. The number of hydrogen-bond donors (Lipinski definition) is 1. The molecule has 2 N–H and O–H groups in total. The fourth-order valence-corrected chi connectivity index (χ4v) is 3.67. The molecule has 29 heavy (non-hydrogen) atoms. The molecule has 0 aliphatic carbocycles. The molecule has 1 aromatic carbocycles. The van der Waals surface area contributed by atoms with Crippen molar-refractivity contribution >= 4 is 32.7 Å². The molecule has 0 saturated heterocycles. The summed E-state index contributed by atoms with van der Waals surface area (Å²) in [6.45, 7) is 1.80. The minimum atomic E-state index is -0.566. The molecule has 0 amide bonds. The van der Waals surface area contributed by atoms with Gasteiger partial charge in [0.25, 0.3) is 5.88 Å². The maximum Gasteiger partial charge on any atom is 0.322 e. The van der Waals surface area contributed by atoms with Crippen LogP contribution in [0.4, 0.5) is 10.2 Å². The van der Waals surface area contributed by atoms with Crippen LogP contribution < -0.4 is 15.2 Å². The summed E-state index contributed by atoms with van der Waals surface area (Å²) in [5, 5.41) is 8.54. The van der Waals surface area contributed by atoms with Gasteiger partial charge in [-0.05, 0) is 46.6 Å². The molecule has 0 aliphatic heterocycles. The van der Waals surface area contributed by atoms with E-state index in [1.807, 2.05) is 11.6 Å². The van der Waals surface area contributed by atoms with Crippen LogP contribution in [0, 0.1) is 12.7 Å². The van der Waals surface area contributed by atoms with Gasteiger partial charge in [-0.25, -0.2) is 14.4 Å². The molecule has 0 atom stereocenters. The second-order valence-electron chi connectivity index (χ2n) is 6.27. The lowest BCUT2D eigenvalue weighted by molar-refractivity contribution is 0.396. The van der Waals surface area contributed by atoms with Crippen molar-refractivity contribution in [2.45, 2.75) is 6.92 Å². The van der Waals surface area contributed by atoms with Gasteiger partial charge in [0.2, 0.25) is 0 Å². The Morgan fingerprint density at radius 3 is 2.69 bits per heavy atom. The SMILES string of the molecule is COc1nnc(N)c2c(-c3ccc(Oc4nccc(C)n4)c(F)c3)c(Br)n(C)c12. The Hall–Kier alpha value is -3.27. The van der Waals surface area contributed by atoms with E-state index in [0.717, 1.165) is 5.69 Å². The predicted octanol–water partition coefficient (Wildman–Crippen LogP) is 4.02. The summed E-state index contributed by atoms with van der Waals surface area (Å²) >= 11 is 3.56. The number of anilines is 1. The highest BCUT2D eigenvalue weighted by molar-refractivity contribution is 9.10. The first-order valence-corrected chi connectivity index (χ1v) is 9.31. The van der Waals surface area contributed by atoms with Crippen LogP contribution in [0.2, 0.25) is 0 Å². The fraction of sp³-hybridized carbons (Fsp3) is 0.158. The van der Waals surface area contributed by atoms with Crippen molar-refractivity contribution < 1.29 is 13.9 Å². The molecule has 0 radical (unpaired) electrons. The van der Waals surface area contributed by atoms with Crippen LogP contribution in [-0.2, 0) is 7.05 Å². The second-order valence-corrected chi connectivity index (χ2v) is 7.02. The van der Waals surface area contributed by atoms with Gasteiger partial charge in [0.05, 0.1) is 17.1 Å². The Kier molecular flexibility index (Phi) is 4.79. The molecule has 4 rings (SSSR count). The number of nitrogen functional groups attached to an aromatic ring is 1. The molecule has 0 unspecified atom stereocenters. The molecular formula is C19H16BrFN6O2. The van der Waals surface area contributed by atoms with Gasteiger partial charge in [-0.3, -0.25) is 0 Å². The Balaban J connectivity index is 1.83. The lowest BCUT2D eigenvalue weighted by Crippen LogP contribution is -2.00. The largest absolute Gasteiger partial charge is 0.478 e. The Morgan fingerprint density at radius 2 is 2.00 bits per heavy atom. The Morgan fingerprint density at radius 1 is 1.21 bits per heavy atom. The van der Waals surface area contributed by atoms with E-state index < -0.39 is 5.82 Å². The lowest BCUT2D eigenvalue weighted by Gasteiger charge is -2.08. The third kappa shape index (κ3) is 3.25. The quantitative estimate of drug-likeness (QED) is 0.492. The molecular weight excluding hydrogens is 443 g/mol. The predicted molar refractivity (Wildman–Crippen MR) is 109 cm³/mol. The summed E-state index contributed by atoms with van der Waals surface area (Å²) < 4.78 is 28.1. The zero-order valence-electron chi connectivity index (χ0n) is 15.8. The molecule has 3 heterocycles. The van der Waals surface area contributed by atoms with Gasteiger partial charge in [0.15, 0.2) is 17.4 Å². The van der Waals surface area contributed by atoms with E-state index >= 15 is 0 Å². The highest BCUT2D eigenvalue weighted by Crippen LogP contribution is 2.43. The van der Waals surface area contributed by atoms with Crippen molar-refractivity contribution in [1.29, 1.82) is 0 Å². The van der Waals surface area contributed by atoms with Crippen molar-refractivity contribution in [3.8, 4) is 28.8 Å². The smallest absolute Gasteiger partial charge is 0.322 e. The number of ether oxygens (including phenoxy) is 2. The highest BCUT2D eigenvalue weighted by Gasteiger charge is 2.23. The van der Waals surface area contributed by atoms with Gasteiger partial charge in [0.1, 0.15) is 5.52 Å². The summed E-state index contributed by atoms with van der Waals surface area (Å²) in [6.07, 6.45) is 1.55. The van der Waals surface area contributed by atoms with Crippen LogP contribution in [0.1, 0.15) is 5.69 Å². The zero-order chi connectivity index (χ0) is 20.7. The number of fused-ring (bicyclic) bond motifs is 1. The van der Waals surface area contributed by atoms with E-state index in [-0.39, 0.29) is 17.6 Å². The molecule has 8 nitrogen and oxygen atoms in total. The molecule has 0 bridgehead atoms. The van der Waals surface area contributed by atoms with Gasteiger partial charge in [-0.2, -0.15) is 0 Å². The van der Waals surface area contributed by atoms with E-state index in [4.69, 9.17) is 15.2 Å². The van der Waals surface area contributed by atoms with E-state index in [0.29, 0.717) is 32.5 Å². The van der Waals surface area contributed by atoms with Gasteiger partial charge in [-0.15, -0.1) is 10.2 Å². The average molecular weight is 459 g/mol. The van der Waals surface area contributed by atoms with Crippen LogP contribution in [0.25, 0.3) is 22.0 Å². The number of halogens is 2. The Bertz CT molecular complexity index is 1240. The number of rotatable bonds is 4. The number of nitrogens with two attached hydrogens (primary N) is 1. The highest BCUT2D eigenvalue weighted by atomic mass is 79.9. The van der Waals surface area contributed by atoms with E-state index in [1.54, 1.807) is 25.3 Å². The van der Waals surface area contributed by atoms with Crippen LogP contribution >= 0.6 is 15.9 Å². The van der Waals surface area contributed by atoms with Crippen LogP contribution in [0.3, 0.4) is 0 Å². The minimum Gasteiger partial charge on any atom is -0.478 e. The van der Waals surface area contributed by atoms with Crippen molar-refractivity contribution in [3.63, 3.8) is 0 Å². The molecule has 0 saturated carbocycles. The van der Waals surface area contributed by atoms with E-state index in [2.05, 4.69) is 36.1 Å². The Labute approximate surface area is 173 Å². The van der Waals surface area contributed by atoms with Crippen molar-refractivity contribution in [2.24, 2.45) is 7.05 Å². The number of methoxy groups -OCH3 is 1. The maximum atomic E-state index is 14.8. The van der Waals surface area contributed by atoms with Gasteiger partial charge in [-0.1, -0.05) is 6.07 Å². The first-order chi connectivity index (χ1) is 13.9. The topological polar surface area (TPSA) is 101 Å². The summed E-state index contributed by atoms with van der Waals surface area (Å²) in [4.78, 5) is 8.11. The monoisotopic (exact) mass is 458 g/mol. The first-order valence-electron chi connectivity index (χ1n) is 8.52. The van der Waals surface area contributed by atoms with Crippen molar-refractivity contribution in [1.82, 2.24) is 24.7 Å². The molecule has 0 aliphatic rings. The first kappa shape index (κ1) is 19.1. The molecule has 148 valence electrons. The third-order valence-electron chi connectivity index (χ3n) is 4.42. The molecule has 3 aromatic heterocycles. The zero-order valence-corrected chi connectivity index (χ0v) is 17.4. The van der Waals surface area contributed by atoms with Gasteiger partial charge >= 0.3 is 6.01 Å². The number of hydrogen-bond acceptors (Lipinski definition) is 7. The van der Waals surface area contributed by atoms with Crippen LogP contribution in [-0.4, -0.2) is 31.8 Å². The summed E-state index contributed by atoms with van der Waals surface area (Å²) in [7, 11) is 3.32. The summed E-state index contributed by atoms with van der Waals surface area (Å²) in [6, 6.07) is 6.40. The summed E-state index contributed by atoms with van der Waals surface area (Å²) in [5.41, 5.74) is 8.71. The summed E-state index contributed by atoms with van der Waals surface area (Å²) in [5.74, 6) is -0.0169. The third-order valence-corrected chi connectivity index (χ3v) is 5.35. The fourth-order valence-electron chi connectivity index (χ4n) is 3.07. The molecule has 0 fully saturated rings. The van der Waals surface area contributed by atoms with Gasteiger partial charge in [0, 0.05) is 24.5 Å². The van der Waals surface area contributed by atoms with Crippen molar-refractivity contribution in [2.75, 3.05) is 12.8 Å². The average Bonchev–Trinajstić information content (AvgIpc) is 2.96. The van der Waals surface area contributed by atoms with Crippen LogP contribution in [0.5, 0.6) is 17.6 Å². The normalized spacial score (nSPS) is 11.1. The number of aromatic nitrogens is 5. The number of aryl methyl sites for hydroxylation is 2. The minimum absolute atomic E-state index is 0.0149. The van der Waals surface area contributed by atoms with Gasteiger partial charge < -0.3 is 19.8 Å². The van der Waals surface area contributed by atoms with Crippen molar-refractivity contribution in [3.05, 3.63) is 46.6 Å². The molecule has 4 aromatic rings. The maximum absolute atomic E-state index is 14.8. The lowest BCUT2D eigenvalue weighted by atomic mass is 10.1. The van der Waals surface area contributed by atoms with E-state index in [1.165, 1.54) is 19.2 Å². The van der Waals surface area contributed by atoms with E-state index in [9.17, 15) is 4.39 Å². The number of nitrogens with zero attached hydrogens (tertiary/aromatic N) is 5. The number of benzene rings is 1. The molecule has 0 spiro atoms. The standard InChI is InChI=1S/C19H16BrFN6O2/c1-9-6-7-23-19(24-9)29-12-5-4-10(8-11(12)21)13-14-15(27(2)16(13)20)18(28-3)26-25-17(14)22/h4-8H,1-3H3,(H2,22,25). The second kappa shape index (κ2) is 7.28. The van der Waals surface area contributed by atoms with Crippen LogP contribution in [0.15, 0.2) is 35.1 Å².